The van der Waals surface area contributed by atoms with Crippen molar-refractivity contribution < 1.29 is 4.42 Å². The molecule has 0 saturated carbocycles. The van der Waals surface area contributed by atoms with Crippen LogP contribution in [0.1, 0.15) is 31.7 Å². The van der Waals surface area contributed by atoms with E-state index in [1.165, 1.54) is 0 Å². The molecule has 1 heterocycles. The summed E-state index contributed by atoms with van der Waals surface area (Å²) in [5.41, 5.74) is 2.10. The van der Waals surface area contributed by atoms with E-state index >= 15 is 0 Å². The van der Waals surface area contributed by atoms with Crippen LogP contribution >= 0.6 is 15.9 Å². The Morgan fingerprint density at radius 3 is 2.85 bits per heavy atom. The van der Waals surface area contributed by atoms with Crippen molar-refractivity contribution in [1.82, 2.24) is 15.5 Å². The van der Waals surface area contributed by atoms with Gasteiger partial charge in [-0.05, 0) is 37.6 Å². The monoisotopic (exact) mass is 337 g/mol. The maximum absolute atomic E-state index is 5.74. The number of rotatable bonds is 6. The summed E-state index contributed by atoms with van der Waals surface area (Å²) >= 11 is 3.52. The van der Waals surface area contributed by atoms with Crippen molar-refractivity contribution in [3.8, 4) is 11.5 Å². The molecule has 0 bridgehead atoms. The lowest BCUT2D eigenvalue weighted by atomic mass is 10.1. The van der Waals surface area contributed by atoms with Crippen LogP contribution in [0.3, 0.4) is 0 Å². The van der Waals surface area contributed by atoms with Gasteiger partial charge in [-0.1, -0.05) is 35.8 Å². The zero-order valence-electron chi connectivity index (χ0n) is 12.1. The fraction of sp³-hybridized carbons (Fsp3) is 0.467. The number of nitrogens with zero attached hydrogens (tertiary/aromatic N) is 2. The van der Waals surface area contributed by atoms with Gasteiger partial charge in [0, 0.05) is 22.5 Å². The summed E-state index contributed by atoms with van der Waals surface area (Å²) in [4.78, 5) is 0. The summed E-state index contributed by atoms with van der Waals surface area (Å²) in [6.07, 6.45) is 1.80. The van der Waals surface area contributed by atoms with Gasteiger partial charge in [-0.2, -0.15) is 0 Å². The number of aryl methyl sites for hydroxylation is 1. The fourth-order valence-corrected chi connectivity index (χ4v) is 2.30. The highest BCUT2D eigenvalue weighted by Gasteiger charge is 2.12. The van der Waals surface area contributed by atoms with Crippen LogP contribution in [0.2, 0.25) is 0 Å². The lowest BCUT2D eigenvalue weighted by Crippen LogP contribution is -2.23. The van der Waals surface area contributed by atoms with Crippen molar-refractivity contribution in [2.45, 2.75) is 39.7 Å². The second kappa shape index (κ2) is 6.99. The molecular weight excluding hydrogens is 318 g/mol. The van der Waals surface area contributed by atoms with Crippen LogP contribution in [0.25, 0.3) is 11.5 Å². The van der Waals surface area contributed by atoms with Crippen molar-refractivity contribution in [3.05, 3.63) is 34.1 Å². The minimum absolute atomic E-state index is 0.512. The molecular formula is C15H20BrN3O. The number of hydrogen-bond acceptors (Lipinski definition) is 4. The van der Waals surface area contributed by atoms with Crippen LogP contribution in [0.5, 0.6) is 0 Å². The first kappa shape index (κ1) is 15.2. The molecule has 0 radical (unpaired) electrons. The third-order valence-corrected chi connectivity index (χ3v) is 3.94. The average Bonchev–Trinajstić information content (AvgIpc) is 2.86. The highest BCUT2D eigenvalue weighted by Crippen LogP contribution is 2.27. The molecule has 108 valence electrons. The third kappa shape index (κ3) is 3.90. The third-order valence-electron chi connectivity index (χ3n) is 3.08. The van der Waals surface area contributed by atoms with Gasteiger partial charge in [-0.25, -0.2) is 0 Å². The first-order valence-corrected chi connectivity index (χ1v) is 7.68. The van der Waals surface area contributed by atoms with Crippen molar-refractivity contribution in [1.29, 1.82) is 0 Å². The summed E-state index contributed by atoms with van der Waals surface area (Å²) in [5.74, 6) is 1.29. The Balaban J connectivity index is 2.00. The van der Waals surface area contributed by atoms with Gasteiger partial charge in [0.25, 0.3) is 0 Å². The summed E-state index contributed by atoms with van der Waals surface area (Å²) in [6.45, 7) is 7.28. The Labute approximate surface area is 128 Å². The molecule has 0 fully saturated rings. The Morgan fingerprint density at radius 2 is 2.10 bits per heavy atom. The predicted molar refractivity (Wildman–Crippen MR) is 83.6 cm³/mol. The van der Waals surface area contributed by atoms with E-state index in [1.54, 1.807) is 0 Å². The van der Waals surface area contributed by atoms with E-state index in [0.717, 1.165) is 35.0 Å². The molecule has 1 aromatic carbocycles. The SMILES string of the molecule is Cc1c(Br)cccc1-c1nnc(CCCNC(C)C)o1. The topological polar surface area (TPSA) is 51.0 Å². The van der Waals surface area contributed by atoms with Crippen LogP contribution < -0.4 is 5.32 Å². The lowest BCUT2D eigenvalue weighted by Gasteiger charge is -2.05. The van der Waals surface area contributed by atoms with Crippen LogP contribution in [-0.4, -0.2) is 22.8 Å². The molecule has 2 rings (SSSR count). The molecule has 0 aliphatic rings. The normalized spacial score (nSPS) is 11.2. The summed E-state index contributed by atoms with van der Waals surface area (Å²) in [6, 6.07) is 6.49. The van der Waals surface area contributed by atoms with E-state index in [1.807, 2.05) is 25.1 Å². The smallest absolute Gasteiger partial charge is 0.248 e. The quantitative estimate of drug-likeness (QED) is 0.816. The molecule has 0 spiro atoms. The zero-order chi connectivity index (χ0) is 14.5. The first-order chi connectivity index (χ1) is 9.58. The van der Waals surface area contributed by atoms with Crippen molar-refractivity contribution in [3.63, 3.8) is 0 Å². The Bertz CT molecular complexity index is 566. The van der Waals surface area contributed by atoms with E-state index in [4.69, 9.17) is 4.42 Å². The van der Waals surface area contributed by atoms with Gasteiger partial charge in [0.2, 0.25) is 11.8 Å². The number of halogens is 1. The van der Waals surface area contributed by atoms with E-state index in [9.17, 15) is 0 Å². The average molecular weight is 338 g/mol. The number of aromatic nitrogens is 2. The second-order valence-corrected chi connectivity index (χ2v) is 5.98. The molecule has 1 N–H and O–H groups in total. The number of nitrogens with one attached hydrogen (secondary N) is 1. The van der Waals surface area contributed by atoms with Crippen LogP contribution in [0.15, 0.2) is 27.1 Å². The molecule has 0 unspecified atom stereocenters. The molecule has 20 heavy (non-hydrogen) atoms. The largest absolute Gasteiger partial charge is 0.421 e. The van der Waals surface area contributed by atoms with Crippen LogP contribution in [-0.2, 0) is 6.42 Å². The first-order valence-electron chi connectivity index (χ1n) is 6.89. The minimum Gasteiger partial charge on any atom is -0.421 e. The highest BCUT2D eigenvalue weighted by atomic mass is 79.9. The number of benzene rings is 1. The van der Waals surface area contributed by atoms with Gasteiger partial charge in [-0.15, -0.1) is 10.2 Å². The summed E-state index contributed by atoms with van der Waals surface area (Å²) in [5, 5.41) is 11.6. The van der Waals surface area contributed by atoms with Gasteiger partial charge in [-0.3, -0.25) is 0 Å². The summed E-state index contributed by atoms with van der Waals surface area (Å²) < 4.78 is 6.79. The highest BCUT2D eigenvalue weighted by molar-refractivity contribution is 9.10. The van der Waals surface area contributed by atoms with Crippen LogP contribution in [0, 0.1) is 6.92 Å². The van der Waals surface area contributed by atoms with Crippen molar-refractivity contribution in [2.24, 2.45) is 0 Å². The van der Waals surface area contributed by atoms with E-state index in [0.29, 0.717) is 17.8 Å². The standard InChI is InChI=1S/C15H20BrN3O/c1-10(2)17-9-5-8-14-18-19-15(20-14)12-6-4-7-13(16)11(12)3/h4,6-7,10,17H,5,8-9H2,1-3H3. The maximum atomic E-state index is 5.74. The van der Waals surface area contributed by atoms with Gasteiger partial charge in [0.15, 0.2) is 0 Å². The predicted octanol–water partition coefficient (Wildman–Crippen LogP) is 3.74. The minimum atomic E-state index is 0.512. The molecule has 5 heteroatoms. The molecule has 0 saturated heterocycles. The van der Waals surface area contributed by atoms with Gasteiger partial charge in [0.1, 0.15) is 0 Å². The van der Waals surface area contributed by atoms with Gasteiger partial charge < -0.3 is 9.73 Å². The van der Waals surface area contributed by atoms with E-state index in [2.05, 4.69) is 45.3 Å². The number of hydrogen-bond donors (Lipinski definition) is 1. The lowest BCUT2D eigenvalue weighted by molar-refractivity contribution is 0.484. The van der Waals surface area contributed by atoms with Crippen molar-refractivity contribution >= 4 is 15.9 Å². The molecule has 0 atom stereocenters. The zero-order valence-corrected chi connectivity index (χ0v) is 13.7. The van der Waals surface area contributed by atoms with Gasteiger partial charge >= 0.3 is 0 Å². The molecule has 0 aliphatic carbocycles. The second-order valence-electron chi connectivity index (χ2n) is 5.13. The van der Waals surface area contributed by atoms with E-state index in [-0.39, 0.29) is 0 Å². The van der Waals surface area contributed by atoms with Gasteiger partial charge in [0.05, 0.1) is 0 Å². The molecule has 1 aromatic heterocycles. The Morgan fingerprint density at radius 1 is 1.30 bits per heavy atom. The molecule has 0 amide bonds. The molecule has 0 aliphatic heterocycles. The Kier molecular flexibility index (Phi) is 5.31. The van der Waals surface area contributed by atoms with Crippen molar-refractivity contribution in [2.75, 3.05) is 6.54 Å². The molecule has 2 aromatic rings. The fourth-order valence-electron chi connectivity index (χ4n) is 1.93. The molecule has 4 nitrogen and oxygen atoms in total. The Hall–Kier alpha value is -1.20. The van der Waals surface area contributed by atoms with Crippen LogP contribution in [0.4, 0.5) is 0 Å². The maximum Gasteiger partial charge on any atom is 0.248 e. The van der Waals surface area contributed by atoms with E-state index < -0.39 is 0 Å². The summed E-state index contributed by atoms with van der Waals surface area (Å²) in [7, 11) is 0.